The fourth-order valence-corrected chi connectivity index (χ4v) is 1.42. The third-order valence-corrected chi connectivity index (χ3v) is 2.27. The van der Waals surface area contributed by atoms with E-state index in [2.05, 4.69) is 9.97 Å². The Morgan fingerprint density at radius 1 is 1.11 bits per heavy atom. The van der Waals surface area contributed by atoms with Crippen LogP contribution in [0, 0.1) is 0 Å². The van der Waals surface area contributed by atoms with Crippen molar-refractivity contribution in [1.29, 1.82) is 0 Å². The van der Waals surface area contributed by atoms with Gasteiger partial charge in [-0.05, 0) is 0 Å². The first-order valence-electron chi connectivity index (χ1n) is 5.13. The Bertz CT molecular complexity index is 612. The number of aromatic carboxylic acids is 1. The van der Waals surface area contributed by atoms with Crippen LogP contribution in [-0.2, 0) is 6.18 Å². The van der Waals surface area contributed by atoms with Gasteiger partial charge in [0.05, 0.1) is 0 Å². The number of alkyl halides is 3. The first kappa shape index (κ1) is 13.0. The minimum atomic E-state index is -4.73. The van der Waals surface area contributed by atoms with Crippen molar-refractivity contribution in [3.05, 3.63) is 47.8 Å². The molecule has 0 saturated carbocycles. The van der Waals surface area contributed by atoms with Crippen LogP contribution < -0.4 is 0 Å². The van der Waals surface area contributed by atoms with E-state index in [1.54, 1.807) is 18.2 Å². The Balaban J connectivity index is 2.62. The molecule has 0 amide bonds. The highest BCUT2D eigenvalue weighted by Crippen LogP contribution is 2.29. The van der Waals surface area contributed by atoms with Gasteiger partial charge in [-0.1, -0.05) is 30.3 Å². The monoisotopic (exact) mass is 268 g/mol. The Morgan fingerprint density at radius 3 is 2.26 bits per heavy atom. The second-order valence-electron chi connectivity index (χ2n) is 3.63. The molecule has 7 heteroatoms. The summed E-state index contributed by atoms with van der Waals surface area (Å²) >= 11 is 0. The highest BCUT2D eigenvalue weighted by molar-refractivity contribution is 5.86. The Labute approximate surface area is 105 Å². The first-order chi connectivity index (χ1) is 8.88. The molecule has 0 fully saturated rings. The summed E-state index contributed by atoms with van der Waals surface area (Å²) in [6.07, 6.45) is -4.73. The van der Waals surface area contributed by atoms with Gasteiger partial charge in [-0.15, -0.1) is 0 Å². The minimum absolute atomic E-state index is 0.271. The topological polar surface area (TPSA) is 63.1 Å². The summed E-state index contributed by atoms with van der Waals surface area (Å²) in [7, 11) is 0. The van der Waals surface area contributed by atoms with E-state index in [-0.39, 0.29) is 5.82 Å². The molecule has 1 aromatic heterocycles. The second kappa shape index (κ2) is 4.68. The summed E-state index contributed by atoms with van der Waals surface area (Å²) in [4.78, 5) is 17.8. The van der Waals surface area contributed by atoms with Crippen molar-refractivity contribution in [2.45, 2.75) is 6.18 Å². The molecule has 1 aromatic carbocycles. The van der Waals surface area contributed by atoms with E-state index in [9.17, 15) is 18.0 Å². The number of carboxylic acids is 1. The van der Waals surface area contributed by atoms with E-state index in [4.69, 9.17) is 5.11 Å². The van der Waals surface area contributed by atoms with Crippen molar-refractivity contribution in [3.63, 3.8) is 0 Å². The number of halogens is 3. The Hall–Kier alpha value is -2.44. The fraction of sp³-hybridized carbons (Fsp3) is 0.0833. The summed E-state index contributed by atoms with van der Waals surface area (Å²) in [5.41, 5.74) is -1.66. The van der Waals surface area contributed by atoms with Crippen molar-refractivity contribution in [2.24, 2.45) is 0 Å². The van der Waals surface area contributed by atoms with Gasteiger partial charge in [-0.2, -0.15) is 13.2 Å². The third-order valence-electron chi connectivity index (χ3n) is 2.27. The molecule has 1 N–H and O–H groups in total. The Morgan fingerprint density at radius 2 is 1.74 bits per heavy atom. The zero-order valence-corrected chi connectivity index (χ0v) is 9.35. The van der Waals surface area contributed by atoms with E-state index in [0.29, 0.717) is 11.6 Å². The SMILES string of the molecule is O=C(O)c1cc(C(F)(F)F)nc(-c2ccccc2)n1. The maximum Gasteiger partial charge on any atom is 0.433 e. The summed E-state index contributed by atoms with van der Waals surface area (Å²) < 4.78 is 37.9. The molecule has 19 heavy (non-hydrogen) atoms. The number of rotatable bonds is 2. The molecule has 0 aliphatic carbocycles. The maximum atomic E-state index is 12.6. The lowest BCUT2D eigenvalue weighted by Gasteiger charge is -2.08. The first-order valence-corrected chi connectivity index (χ1v) is 5.13. The minimum Gasteiger partial charge on any atom is -0.477 e. The molecule has 4 nitrogen and oxygen atoms in total. The molecule has 0 aliphatic heterocycles. The van der Waals surface area contributed by atoms with E-state index in [1.165, 1.54) is 12.1 Å². The zero-order valence-electron chi connectivity index (χ0n) is 9.35. The van der Waals surface area contributed by atoms with Gasteiger partial charge < -0.3 is 5.11 Å². The second-order valence-corrected chi connectivity index (χ2v) is 3.63. The molecule has 0 unspecified atom stereocenters. The lowest BCUT2D eigenvalue weighted by Crippen LogP contribution is -2.13. The molecule has 2 rings (SSSR count). The Kier molecular flexibility index (Phi) is 3.20. The van der Waals surface area contributed by atoms with Crippen molar-refractivity contribution in [2.75, 3.05) is 0 Å². The number of carbonyl (C=O) groups is 1. The van der Waals surface area contributed by atoms with Gasteiger partial charge in [0, 0.05) is 11.6 Å². The van der Waals surface area contributed by atoms with E-state index < -0.39 is 23.5 Å². The van der Waals surface area contributed by atoms with Crippen LogP contribution in [0.1, 0.15) is 16.2 Å². The van der Waals surface area contributed by atoms with Crippen LogP contribution in [0.2, 0.25) is 0 Å². The quantitative estimate of drug-likeness (QED) is 0.909. The van der Waals surface area contributed by atoms with Gasteiger partial charge in [0.15, 0.2) is 11.5 Å². The van der Waals surface area contributed by atoms with Crippen LogP contribution in [0.3, 0.4) is 0 Å². The van der Waals surface area contributed by atoms with Crippen molar-refractivity contribution in [1.82, 2.24) is 9.97 Å². The van der Waals surface area contributed by atoms with Gasteiger partial charge in [0.25, 0.3) is 0 Å². The van der Waals surface area contributed by atoms with Crippen LogP contribution in [-0.4, -0.2) is 21.0 Å². The van der Waals surface area contributed by atoms with Crippen LogP contribution in [0.5, 0.6) is 0 Å². The smallest absolute Gasteiger partial charge is 0.433 e. The third kappa shape index (κ3) is 2.87. The van der Waals surface area contributed by atoms with Gasteiger partial charge >= 0.3 is 12.1 Å². The summed E-state index contributed by atoms with van der Waals surface area (Å²) in [5.74, 6) is -1.81. The molecule has 1 heterocycles. The van der Waals surface area contributed by atoms with Gasteiger partial charge in [0.2, 0.25) is 0 Å². The number of aromatic nitrogens is 2. The lowest BCUT2D eigenvalue weighted by molar-refractivity contribution is -0.141. The van der Waals surface area contributed by atoms with Crippen LogP contribution in [0.4, 0.5) is 13.2 Å². The van der Waals surface area contributed by atoms with Crippen LogP contribution in [0.25, 0.3) is 11.4 Å². The molecular formula is C12H7F3N2O2. The average Bonchev–Trinajstić information content (AvgIpc) is 2.38. The highest BCUT2D eigenvalue weighted by Gasteiger charge is 2.34. The molecule has 0 spiro atoms. The zero-order chi connectivity index (χ0) is 14.0. The highest BCUT2D eigenvalue weighted by atomic mass is 19.4. The van der Waals surface area contributed by atoms with Crippen molar-refractivity contribution in [3.8, 4) is 11.4 Å². The normalized spacial score (nSPS) is 11.3. The number of hydrogen-bond acceptors (Lipinski definition) is 3. The molecule has 0 aliphatic rings. The summed E-state index contributed by atoms with van der Waals surface area (Å²) in [6, 6.07) is 8.28. The standard InChI is InChI=1S/C12H7F3N2O2/c13-12(14,15)9-6-8(11(18)19)16-10(17-9)7-4-2-1-3-5-7/h1-6H,(H,18,19). The number of nitrogens with zero attached hydrogens (tertiary/aromatic N) is 2. The molecule has 0 atom stereocenters. The molecule has 2 aromatic rings. The predicted octanol–water partition coefficient (Wildman–Crippen LogP) is 2.86. The molecule has 0 saturated heterocycles. The van der Waals surface area contributed by atoms with E-state index in [1.807, 2.05) is 0 Å². The number of benzene rings is 1. The van der Waals surface area contributed by atoms with E-state index >= 15 is 0 Å². The van der Waals surface area contributed by atoms with Gasteiger partial charge in [-0.25, -0.2) is 14.8 Å². The predicted molar refractivity (Wildman–Crippen MR) is 59.4 cm³/mol. The fourth-order valence-electron chi connectivity index (χ4n) is 1.42. The van der Waals surface area contributed by atoms with E-state index in [0.717, 1.165) is 0 Å². The molecular weight excluding hydrogens is 261 g/mol. The number of hydrogen-bond donors (Lipinski definition) is 1. The summed E-state index contributed by atoms with van der Waals surface area (Å²) in [5, 5.41) is 8.79. The number of carboxylic acid groups (broad SMARTS) is 1. The summed E-state index contributed by atoms with van der Waals surface area (Å²) in [6.45, 7) is 0. The molecule has 0 radical (unpaired) electrons. The molecule has 0 bridgehead atoms. The van der Waals surface area contributed by atoms with Crippen molar-refractivity contribution < 1.29 is 23.1 Å². The largest absolute Gasteiger partial charge is 0.477 e. The maximum absolute atomic E-state index is 12.6. The van der Waals surface area contributed by atoms with Gasteiger partial charge in [0.1, 0.15) is 5.69 Å². The van der Waals surface area contributed by atoms with Crippen LogP contribution in [0.15, 0.2) is 36.4 Å². The van der Waals surface area contributed by atoms with Gasteiger partial charge in [-0.3, -0.25) is 0 Å². The van der Waals surface area contributed by atoms with Crippen molar-refractivity contribution >= 4 is 5.97 Å². The lowest BCUT2D eigenvalue weighted by atomic mass is 10.2. The average molecular weight is 268 g/mol. The molecule has 98 valence electrons. The van der Waals surface area contributed by atoms with Crippen LogP contribution >= 0.6 is 0 Å².